The summed E-state index contributed by atoms with van der Waals surface area (Å²) in [5.41, 5.74) is 3.68. The van der Waals surface area contributed by atoms with Crippen LogP contribution in [0, 0.1) is 11.6 Å². The lowest BCUT2D eigenvalue weighted by atomic mass is 9.93. The van der Waals surface area contributed by atoms with E-state index in [4.69, 9.17) is 18.9 Å². The van der Waals surface area contributed by atoms with Crippen molar-refractivity contribution >= 4 is 45.4 Å². The minimum Gasteiger partial charge on any atom is -0.379 e. The van der Waals surface area contributed by atoms with Crippen LogP contribution in [0.1, 0.15) is 65.5 Å². The van der Waals surface area contributed by atoms with Crippen LogP contribution in [0.4, 0.5) is 8.78 Å². The van der Waals surface area contributed by atoms with Crippen LogP contribution in [0.15, 0.2) is 36.4 Å². The molecule has 10 atom stereocenters. The van der Waals surface area contributed by atoms with E-state index in [-0.39, 0.29) is 36.5 Å². The normalized spacial score (nSPS) is 21.5. The molecule has 2 aliphatic heterocycles. The highest BCUT2D eigenvalue weighted by molar-refractivity contribution is 5.97. The number of rotatable bonds is 21. The van der Waals surface area contributed by atoms with Crippen molar-refractivity contribution in [1.82, 2.24) is 41.0 Å². The number of likely N-dealkylation sites (tertiary alicyclic amines) is 2. The van der Waals surface area contributed by atoms with Crippen LogP contribution in [0.25, 0.3) is 33.2 Å². The molecule has 0 radical (unpaired) electrons. The molecular formula is C48H68F2N8O8. The van der Waals surface area contributed by atoms with Crippen molar-refractivity contribution in [3.63, 3.8) is 0 Å². The van der Waals surface area contributed by atoms with Crippen molar-refractivity contribution in [2.75, 3.05) is 54.6 Å². The molecule has 0 bridgehead atoms. The van der Waals surface area contributed by atoms with E-state index in [9.17, 15) is 19.2 Å². The summed E-state index contributed by atoms with van der Waals surface area (Å²) in [7, 11) is 6.18. The zero-order valence-electron chi connectivity index (χ0n) is 39.8. The summed E-state index contributed by atoms with van der Waals surface area (Å²) in [6.07, 6.45) is -0.587. The Balaban J connectivity index is 1.44. The number of hydrogen-bond donors (Lipinski definition) is 6. The Bertz CT molecular complexity index is 2180. The summed E-state index contributed by atoms with van der Waals surface area (Å²) in [5.74, 6) is -2.25. The summed E-state index contributed by atoms with van der Waals surface area (Å²) in [6.45, 7) is 12.5. The quantitative estimate of drug-likeness (QED) is 0.0714. The maximum Gasteiger partial charge on any atom is 0.248 e. The van der Waals surface area contributed by atoms with E-state index in [1.54, 1.807) is 63.8 Å². The number of amides is 4. The van der Waals surface area contributed by atoms with E-state index < -0.39 is 72.3 Å². The number of aromatic amines is 2. The monoisotopic (exact) mass is 923 g/mol. The van der Waals surface area contributed by atoms with E-state index in [2.05, 4.69) is 31.2 Å². The van der Waals surface area contributed by atoms with Crippen LogP contribution in [0.2, 0.25) is 0 Å². The maximum absolute atomic E-state index is 15.1. The van der Waals surface area contributed by atoms with Crippen LogP contribution < -0.4 is 21.3 Å². The lowest BCUT2D eigenvalue weighted by molar-refractivity contribution is -0.142. The molecule has 6 rings (SSSR count). The van der Waals surface area contributed by atoms with Gasteiger partial charge in [0.25, 0.3) is 0 Å². The second kappa shape index (κ2) is 22.2. The topological polar surface area (TPSA) is 191 Å². The molecule has 2 aromatic heterocycles. The highest BCUT2D eigenvalue weighted by atomic mass is 19.1. The minimum atomic E-state index is -1.00. The maximum atomic E-state index is 15.1. The first-order chi connectivity index (χ1) is 31.6. The molecule has 0 aliphatic carbocycles. The molecule has 4 amide bonds. The zero-order chi connectivity index (χ0) is 48.0. The Labute approximate surface area is 385 Å². The van der Waals surface area contributed by atoms with Crippen molar-refractivity contribution in [1.29, 1.82) is 0 Å². The molecule has 18 heteroatoms. The van der Waals surface area contributed by atoms with Crippen LogP contribution in [0.3, 0.4) is 0 Å². The fraction of sp³-hybridized carbons (Fsp3) is 0.583. The highest BCUT2D eigenvalue weighted by Gasteiger charge is 2.45. The average Bonchev–Trinajstić information content (AvgIpc) is 4.09. The van der Waals surface area contributed by atoms with E-state index in [0.29, 0.717) is 72.2 Å². The fourth-order valence-corrected chi connectivity index (χ4v) is 9.70. The predicted octanol–water partition coefficient (Wildman–Crippen LogP) is 3.95. The smallest absolute Gasteiger partial charge is 0.248 e. The van der Waals surface area contributed by atoms with Gasteiger partial charge in [-0.2, -0.15) is 0 Å². The third kappa shape index (κ3) is 10.6. The molecule has 4 aromatic rings. The largest absolute Gasteiger partial charge is 0.379 e. The number of aromatic nitrogens is 2. The van der Waals surface area contributed by atoms with E-state index in [1.165, 1.54) is 38.5 Å². The summed E-state index contributed by atoms with van der Waals surface area (Å²) >= 11 is 0. The zero-order valence-corrected chi connectivity index (χ0v) is 39.8. The SMILES string of the molecule is CCN[C@@H](C)C(=O)N[C@H](C(=O)N1CC[C@@H](OC)[C@H]1Cc1c(-c2[nH]c3cc(F)ccc3c2C[C@H]2[C@H](OC)CCN2C(=O)[C@@H](NC(=O)[C@H](C)NCC)[C@@H](C)OC)[nH]c2cc(F)ccc12)[C@@H](C)OC. The van der Waals surface area contributed by atoms with Crippen molar-refractivity contribution in [3.05, 3.63) is 59.2 Å². The molecular weight excluding hydrogens is 855 g/mol. The molecule has 66 heavy (non-hydrogen) atoms. The van der Waals surface area contributed by atoms with Gasteiger partial charge in [-0.05, 0) is 114 Å². The summed E-state index contributed by atoms with van der Waals surface area (Å²) in [6, 6.07) is 4.81. The van der Waals surface area contributed by atoms with Crippen LogP contribution >= 0.6 is 0 Å². The first-order valence-corrected chi connectivity index (χ1v) is 23.0. The molecule has 2 aliphatic rings. The second-order valence-corrected chi connectivity index (χ2v) is 17.5. The van der Waals surface area contributed by atoms with Crippen molar-refractivity contribution in [3.8, 4) is 11.4 Å². The number of methoxy groups -OCH3 is 4. The first kappa shape index (κ1) is 50.4. The van der Waals surface area contributed by atoms with Gasteiger partial charge in [0.15, 0.2) is 0 Å². The number of halogens is 2. The van der Waals surface area contributed by atoms with Gasteiger partial charge in [0.1, 0.15) is 23.7 Å². The van der Waals surface area contributed by atoms with E-state index in [0.717, 1.165) is 11.1 Å². The van der Waals surface area contributed by atoms with Gasteiger partial charge in [0, 0.05) is 63.3 Å². The number of hydrogen-bond acceptors (Lipinski definition) is 10. The molecule has 2 aromatic carbocycles. The number of nitrogens with one attached hydrogen (secondary N) is 6. The van der Waals surface area contributed by atoms with Gasteiger partial charge in [0.05, 0.1) is 60.0 Å². The van der Waals surface area contributed by atoms with Crippen LogP contribution in [-0.4, -0.2) is 159 Å². The van der Waals surface area contributed by atoms with Crippen LogP contribution in [-0.2, 0) is 51.0 Å². The number of H-pyrrole nitrogens is 2. The Kier molecular flexibility index (Phi) is 17.0. The fourth-order valence-electron chi connectivity index (χ4n) is 9.70. The second-order valence-electron chi connectivity index (χ2n) is 17.5. The molecule has 0 saturated carbocycles. The number of benzene rings is 2. The first-order valence-electron chi connectivity index (χ1n) is 23.0. The Morgan fingerprint density at radius 3 is 1.36 bits per heavy atom. The standard InChI is InChI=1S/C48H68F2N8O8/c1-11-51-25(3)45(59)55-41(27(5)63-7)47(61)57-19-17-39(65-9)37(57)23-33-31-15-13-29(49)21-35(31)53-43(33)44-34(32-16-14-30(50)22-36(32)54-44)24-38-40(66-10)18-20-58(38)48(62)42(28(6)64-8)56-46(60)26(4)52-12-2/h13-16,21-22,25-28,37-42,51-54H,11-12,17-20,23-24H2,1-10H3,(H,55,59)(H,56,60)/t25-,26-,27+,28+,37-,38+,39+,40+,41-,42-/m0/s1. The minimum absolute atomic E-state index is 0.251. The number of likely N-dealkylation sites (N-methyl/N-ethyl adjacent to an activating group) is 2. The summed E-state index contributed by atoms with van der Waals surface area (Å²) < 4.78 is 53.5. The molecule has 16 nitrogen and oxygen atoms in total. The van der Waals surface area contributed by atoms with Crippen molar-refractivity contribution in [2.45, 2.75) is 128 Å². The van der Waals surface area contributed by atoms with E-state index in [1.807, 2.05) is 13.8 Å². The molecule has 2 saturated heterocycles. The average molecular weight is 923 g/mol. The summed E-state index contributed by atoms with van der Waals surface area (Å²) in [4.78, 5) is 66.4. The molecule has 6 N–H and O–H groups in total. The van der Waals surface area contributed by atoms with E-state index >= 15 is 8.78 Å². The molecule has 4 heterocycles. The number of carbonyl (C=O) groups is 4. The van der Waals surface area contributed by atoms with Gasteiger partial charge in [-0.15, -0.1) is 0 Å². The molecule has 362 valence electrons. The van der Waals surface area contributed by atoms with Gasteiger partial charge < -0.3 is 60.0 Å². The van der Waals surface area contributed by atoms with Gasteiger partial charge in [-0.3, -0.25) is 19.2 Å². The van der Waals surface area contributed by atoms with Gasteiger partial charge in [-0.25, -0.2) is 8.78 Å². The number of carbonyl (C=O) groups excluding carboxylic acids is 4. The van der Waals surface area contributed by atoms with Gasteiger partial charge in [0.2, 0.25) is 23.6 Å². The molecule has 2 fully saturated rings. The molecule has 0 spiro atoms. The Morgan fingerprint density at radius 1 is 0.652 bits per heavy atom. The lowest BCUT2D eigenvalue weighted by Gasteiger charge is -2.34. The van der Waals surface area contributed by atoms with Crippen molar-refractivity contribution in [2.24, 2.45) is 0 Å². The third-order valence-electron chi connectivity index (χ3n) is 13.6. The highest BCUT2D eigenvalue weighted by Crippen LogP contribution is 2.40. The number of ether oxygens (including phenoxy) is 4. The number of fused-ring (bicyclic) bond motifs is 2. The Hall–Kier alpha value is -4.98. The lowest BCUT2D eigenvalue weighted by Crippen LogP contribution is -2.58. The summed E-state index contributed by atoms with van der Waals surface area (Å²) in [5, 5.41) is 13.4. The van der Waals surface area contributed by atoms with Crippen LogP contribution in [0.5, 0.6) is 0 Å². The van der Waals surface area contributed by atoms with Gasteiger partial charge >= 0.3 is 0 Å². The number of nitrogens with zero attached hydrogens (tertiary/aromatic N) is 2. The van der Waals surface area contributed by atoms with Crippen molar-refractivity contribution < 1.29 is 46.9 Å². The Morgan fingerprint density at radius 2 is 1.03 bits per heavy atom. The molecule has 0 unspecified atom stereocenters. The third-order valence-corrected chi connectivity index (χ3v) is 13.6. The predicted molar refractivity (Wildman–Crippen MR) is 248 cm³/mol. The van der Waals surface area contributed by atoms with Gasteiger partial charge in [-0.1, -0.05) is 13.8 Å².